The fourth-order valence-electron chi connectivity index (χ4n) is 6.47. The lowest BCUT2D eigenvalue weighted by Crippen LogP contribution is -2.21. The maximum absolute atomic E-state index is 13.3. The minimum absolute atomic E-state index is 0.274. The summed E-state index contributed by atoms with van der Waals surface area (Å²) >= 11 is 2.84. The number of nitrogens with one attached hydrogen (secondary N) is 2. The predicted molar refractivity (Wildman–Crippen MR) is 169 cm³/mol. The van der Waals surface area contributed by atoms with Crippen molar-refractivity contribution < 1.29 is 19.2 Å². The molecule has 10 heteroatoms. The Balaban J connectivity index is 1.34. The van der Waals surface area contributed by atoms with Gasteiger partial charge < -0.3 is 22.1 Å². The molecule has 8 nitrogen and oxygen atoms in total. The van der Waals surface area contributed by atoms with Crippen LogP contribution in [-0.2, 0) is 25.7 Å². The van der Waals surface area contributed by atoms with E-state index < -0.39 is 23.6 Å². The van der Waals surface area contributed by atoms with Crippen molar-refractivity contribution in [2.24, 2.45) is 23.3 Å². The Hall–Kier alpha value is -3.50. The number of fused-ring (bicyclic) bond motifs is 2. The van der Waals surface area contributed by atoms with Gasteiger partial charge in [0, 0.05) is 20.9 Å². The van der Waals surface area contributed by atoms with Crippen LogP contribution in [0, 0.1) is 11.8 Å². The van der Waals surface area contributed by atoms with E-state index in [-0.39, 0.29) is 11.1 Å². The summed E-state index contributed by atoms with van der Waals surface area (Å²) in [5.41, 5.74) is 14.8. The molecule has 0 radical (unpaired) electrons. The van der Waals surface area contributed by atoms with Crippen LogP contribution in [0.25, 0.3) is 0 Å². The number of primary amides is 2. The first kappa shape index (κ1) is 30.0. The average Bonchev–Trinajstić information content (AvgIpc) is 3.50. The Labute approximate surface area is 254 Å². The van der Waals surface area contributed by atoms with Gasteiger partial charge in [-0.15, -0.1) is 22.7 Å². The summed E-state index contributed by atoms with van der Waals surface area (Å²) in [4.78, 5) is 53.6. The third kappa shape index (κ3) is 6.15. The monoisotopic (exact) mass is 606 g/mol. The van der Waals surface area contributed by atoms with Crippen LogP contribution < -0.4 is 22.1 Å². The van der Waals surface area contributed by atoms with E-state index in [2.05, 4.69) is 24.5 Å². The Morgan fingerprint density at radius 1 is 0.762 bits per heavy atom. The predicted octanol–water partition coefficient (Wildman–Crippen LogP) is 6.32. The van der Waals surface area contributed by atoms with Gasteiger partial charge in [-0.25, -0.2) is 0 Å². The standard InChI is InChI=1S/C32H38N4O4S2/c1-3-6-17-10-12-21-23(14-17)41-31(25(21)27(33)37)35-29(39)19-8-5-9-20(16-19)30(40)36-32-26(28(34)38)22-13-11-18(7-4-2)15-24(22)42-32/h5,8-9,16-18H,3-4,6-7,10-15H2,1-2H3,(H2,33,37)(H2,34,38)(H,35,39)(H,36,40). The summed E-state index contributed by atoms with van der Waals surface area (Å²) in [6.07, 6.45) is 9.83. The van der Waals surface area contributed by atoms with Crippen LogP contribution in [0.15, 0.2) is 24.3 Å². The maximum atomic E-state index is 13.3. The molecule has 2 heterocycles. The molecular formula is C32H38N4O4S2. The third-order valence-electron chi connectivity index (χ3n) is 8.46. The first-order valence-electron chi connectivity index (χ1n) is 14.8. The van der Waals surface area contributed by atoms with Gasteiger partial charge in [0.15, 0.2) is 0 Å². The molecule has 0 aliphatic heterocycles. The molecule has 2 aliphatic carbocycles. The highest BCUT2D eigenvalue weighted by Crippen LogP contribution is 2.42. The lowest BCUT2D eigenvalue weighted by atomic mass is 9.84. The zero-order valence-electron chi connectivity index (χ0n) is 24.1. The van der Waals surface area contributed by atoms with Gasteiger partial charge in [0.1, 0.15) is 10.0 Å². The molecule has 2 aromatic heterocycles. The van der Waals surface area contributed by atoms with Crippen LogP contribution >= 0.6 is 22.7 Å². The number of hydrogen-bond donors (Lipinski definition) is 4. The highest BCUT2D eigenvalue weighted by atomic mass is 32.1. The minimum atomic E-state index is -0.546. The van der Waals surface area contributed by atoms with Crippen LogP contribution in [0.3, 0.4) is 0 Å². The van der Waals surface area contributed by atoms with Crippen molar-refractivity contribution in [3.63, 3.8) is 0 Å². The van der Waals surface area contributed by atoms with Crippen LogP contribution in [0.1, 0.15) is 115 Å². The second-order valence-electron chi connectivity index (χ2n) is 11.4. The molecule has 1 aromatic carbocycles. The van der Waals surface area contributed by atoms with Crippen LogP contribution in [0.5, 0.6) is 0 Å². The Morgan fingerprint density at radius 2 is 1.19 bits per heavy atom. The first-order chi connectivity index (χ1) is 20.2. The molecule has 4 amide bonds. The van der Waals surface area contributed by atoms with E-state index in [0.29, 0.717) is 33.0 Å². The number of amides is 4. The molecule has 0 spiro atoms. The molecule has 0 saturated carbocycles. The molecule has 0 bridgehead atoms. The summed E-state index contributed by atoms with van der Waals surface area (Å²) < 4.78 is 0. The number of carbonyl (C=O) groups is 4. The Bertz CT molecular complexity index is 1430. The number of anilines is 2. The number of thiophene rings is 2. The van der Waals surface area contributed by atoms with E-state index >= 15 is 0 Å². The van der Waals surface area contributed by atoms with Gasteiger partial charge in [0.2, 0.25) is 0 Å². The van der Waals surface area contributed by atoms with Crippen molar-refractivity contribution in [3.05, 3.63) is 67.4 Å². The van der Waals surface area contributed by atoms with Crippen molar-refractivity contribution in [2.75, 3.05) is 10.6 Å². The van der Waals surface area contributed by atoms with Gasteiger partial charge in [-0.3, -0.25) is 19.2 Å². The Kier molecular flexibility index (Phi) is 9.13. The quantitative estimate of drug-likeness (QED) is 0.214. The molecule has 2 atom stereocenters. The average molecular weight is 607 g/mol. The fourth-order valence-corrected chi connectivity index (χ4v) is 9.19. The van der Waals surface area contributed by atoms with E-state index in [9.17, 15) is 19.2 Å². The fraction of sp³-hybridized carbons (Fsp3) is 0.438. The number of carbonyl (C=O) groups excluding carboxylic acids is 4. The molecule has 5 rings (SSSR count). The van der Waals surface area contributed by atoms with E-state index in [1.807, 2.05) is 0 Å². The smallest absolute Gasteiger partial charge is 0.256 e. The summed E-state index contributed by atoms with van der Waals surface area (Å²) in [5, 5.41) is 6.69. The zero-order chi connectivity index (χ0) is 30.0. The van der Waals surface area contributed by atoms with Gasteiger partial charge in [-0.05, 0) is 79.7 Å². The van der Waals surface area contributed by atoms with Crippen molar-refractivity contribution in [2.45, 2.75) is 78.1 Å². The molecular weight excluding hydrogens is 569 g/mol. The number of nitrogens with two attached hydrogens (primary N) is 2. The normalized spacial score (nSPS) is 17.7. The summed E-state index contributed by atoms with van der Waals surface area (Å²) in [5.74, 6) is -0.807. The van der Waals surface area contributed by atoms with Crippen molar-refractivity contribution in [1.82, 2.24) is 0 Å². The SMILES string of the molecule is CCCC1CCc2c(sc(NC(=O)c3cccc(C(=O)Nc4sc5c(c4C(N)=O)CCC(CCC)C5)c3)c2C(N)=O)C1. The lowest BCUT2D eigenvalue weighted by Gasteiger charge is -2.21. The topological polar surface area (TPSA) is 144 Å². The third-order valence-corrected chi connectivity index (χ3v) is 10.8. The van der Waals surface area contributed by atoms with E-state index in [1.165, 1.54) is 28.7 Å². The van der Waals surface area contributed by atoms with Crippen LogP contribution in [0.4, 0.5) is 10.0 Å². The highest BCUT2D eigenvalue weighted by molar-refractivity contribution is 7.17. The van der Waals surface area contributed by atoms with Crippen molar-refractivity contribution >= 4 is 56.3 Å². The first-order valence-corrected chi connectivity index (χ1v) is 16.4. The largest absolute Gasteiger partial charge is 0.365 e. The van der Waals surface area contributed by atoms with E-state index in [4.69, 9.17) is 11.5 Å². The molecule has 0 fully saturated rings. The van der Waals surface area contributed by atoms with Gasteiger partial charge in [0.05, 0.1) is 11.1 Å². The zero-order valence-corrected chi connectivity index (χ0v) is 25.8. The number of hydrogen-bond acceptors (Lipinski definition) is 6. The second-order valence-corrected chi connectivity index (χ2v) is 13.6. The molecule has 222 valence electrons. The van der Waals surface area contributed by atoms with Gasteiger partial charge >= 0.3 is 0 Å². The molecule has 42 heavy (non-hydrogen) atoms. The van der Waals surface area contributed by atoms with Crippen LogP contribution in [0.2, 0.25) is 0 Å². The summed E-state index contributed by atoms with van der Waals surface area (Å²) in [6.45, 7) is 4.35. The molecule has 6 N–H and O–H groups in total. The van der Waals surface area contributed by atoms with Gasteiger partial charge in [-0.1, -0.05) is 45.6 Å². The van der Waals surface area contributed by atoms with Crippen LogP contribution in [-0.4, -0.2) is 23.6 Å². The van der Waals surface area contributed by atoms with E-state index in [1.54, 1.807) is 18.2 Å². The van der Waals surface area contributed by atoms with Crippen molar-refractivity contribution in [1.29, 1.82) is 0 Å². The highest BCUT2D eigenvalue weighted by Gasteiger charge is 2.30. The maximum Gasteiger partial charge on any atom is 0.256 e. The summed E-state index contributed by atoms with van der Waals surface area (Å²) in [7, 11) is 0. The molecule has 2 unspecified atom stereocenters. The number of benzene rings is 1. The van der Waals surface area contributed by atoms with Crippen molar-refractivity contribution in [3.8, 4) is 0 Å². The summed E-state index contributed by atoms with van der Waals surface area (Å²) in [6, 6.07) is 6.38. The molecule has 3 aromatic rings. The molecule has 2 aliphatic rings. The van der Waals surface area contributed by atoms with Gasteiger partial charge in [0.25, 0.3) is 23.6 Å². The number of rotatable bonds is 10. The van der Waals surface area contributed by atoms with Gasteiger partial charge in [-0.2, -0.15) is 0 Å². The lowest BCUT2D eigenvalue weighted by molar-refractivity contribution is 0.0990. The molecule has 0 saturated heterocycles. The minimum Gasteiger partial charge on any atom is -0.365 e. The second kappa shape index (κ2) is 12.8. The Morgan fingerprint density at radius 3 is 1.57 bits per heavy atom. The van der Waals surface area contributed by atoms with E-state index in [0.717, 1.165) is 85.1 Å².